The molecule has 9 nitrogen and oxygen atoms in total. The van der Waals surface area contributed by atoms with Crippen LogP contribution in [-0.2, 0) is 10.1 Å². The van der Waals surface area contributed by atoms with Gasteiger partial charge in [-0.3, -0.25) is 4.55 Å². The molecule has 3 aliphatic rings. The molecule has 208 valence electrons. The average Bonchev–Trinajstić information content (AvgIpc) is 2.98. The Bertz CT molecular complexity index is 2170. The number of hydrogen-bond acceptors (Lipinski definition) is 8. The van der Waals surface area contributed by atoms with Crippen LogP contribution in [0, 0.1) is 0 Å². The molecule has 0 bridgehead atoms. The summed E-state index contributed by atoms with van der Waals surface area (Å²) in [7, 11) is -4.62. The smallest absolute Gasteiger partial charge is 0.296 e. The number of para-hydroxylation sites is 2. The van der Waals surface area contributed by atoms with E-state index in [0.717, 1.165) is 5.69 Å². The minimum Gasteiger partial charge on any atom is -0.451 e. The Balaban J connectivity index is 1.35. The van der Waals surface area contributed by atoms with Gasteiger partial charge in [0.15, 0.2) is 22.8 Å². The Labute approximate surface area is 249 Å². The lowest BCUT2D eigenvalue weighted by Gasteiger charge is -2.26. The fourth-order valence-corrected chi connectivity index (χ4v) is 5.81. The first-order valence-corrected chi connectivity index (χ1v) is 14.7. The lowest BCUT2D eigenvalue weighted by atomic mass is 10.1. The van der Waals surface area contributed by atoms with Crippen molar-refractivity contribution in [3.63, 3.8) is 0 Å². The van der Waals surface area contributed by atoms with E-state index < -0.39 is 10.1 Å². The van der Waals surface area contributed by atoms with E-state index in [0.29, 0.717) is 22.5 Å². The zero-order valence-electron chi connectivity index (χ0n) is 21.3. The van der Waals surface area contributed by atoms with Crippen molar-refractivity contribution in [3.8, 4) is 23.0 Å². The third-order valence-corrected chi connectivity index (χ3v) is 8.16. The summed E-state index contributed by atoms with van der Waals surface area (Å²) >= 11 is 13.6. The summed E-state index contributed by atoms with van der Waals surface area (Å²) in [5, 5.41) is 7.01. The van der Waals surface area contributed by atoms with Crippen molar-refractivity contribution in [2.75, 3.05) is 10.6 Å². The van der Waals surface area contributed by atoms with Crippen LogP contribution in [0.1, 0.15) is 0 Å². The molecule has 42 heavy (non-hydrogen) atoms. The van der Waals surface area contributed by atoms with Crippen LogP contribution < -0.4 is 20.7 Å². The minimum atomic E-state index is -4.62. The highest BCUT2D eigenvalue weighted by molar-refractivity contribution is 7.86. The van der Waals surface area contributed by atoms with E-state index in [4.69, 9.17) is 32.4 Å². The molecule has 0 saturated heterocycles. The largest absolute Gasteiger partial charge is 0.451 e. The quantitative estimate of drug-likeness (QED) is 0.133. The van der Waals surface area contributed by atoms with Gasteiger partial charge < -0.3 is 19.8 Å². The van der Waals surface area contributed by atoms with Crippen LogP contribution in [0.5, 0.6) is 11.5 Å². The van der Waals surface area contributed by atoms with E-state index in [2.05, 4.69) is 20.6 Å². The third-order valence-electron chi connectivity index (χ3n) is 6.55. The normalized spacial score (nSPS) is 12.9. The molecule has 12 heteroatoms. The zero-order valence-corrected chi connectivity index (χ0v) is 23.6. The number of ether oxygens (including phenoxy) is 1. The fraction of sp³-hybridized carbons (Fsp3) is 0. The van der Waals surface area contributed by atoms with Crippen LogP contribution in [-0.4, -0.2) is 18.0 Å². The number of aromatic nitrogens is 1. The van der Waals surface area contributed by atoms with Crippen LogP contribution >= 0.6 is 23.2 Å². The Morgan fingerprint density at radius 1 is 0.905 bits per heavy atom. The summed E-state index contributed by atoms with van der Waals surface area (Å²) in [5.74, 6) is 0.861. The number of benzene rings is 5. The number of fused-ring (bicyclic) bond motifs is 4. The SMILES string of the molecule is O=S(=O)(O)c1cc2c(cc1Nc1ccccc1)Oc1c(c(Cl)c3oc4cc(=Nc5ccccc5)ccc-4nc3c1Cl)N2. The lowest BCUT2D eigenvalue weighted by Crippen LogP contribution is -2.10. The molecule has 4 aromatic carbocycles. The average molecular weight is 617 g/mol. The summed E-state index contributed by atoms with van der Waals surface area (Å²) in [6.07, 6.45) is 0. The first kappa shape index (κ1) is 26.3. The molecule has 0 radical (unpaired) electrons. The van der Waals surface area contributed by atoms with Crippen molar-refractivity contribution in [1.82, 2.24) is 4.98 Å². The van der Waals surface area contributed by atoms with Crippen molar-refractivity contribution < 1.29 is 22.1 Å². The van der Waals surface area contributed by atoms with Gasteiger partial charge >= 0.3 is 0 Å². The van der Waals surface area contributed by atoms with E-state index in [-0.39, 0.29) is 54.6 Å². The summed E-state index contributed by atoms with van der Waals surface area (Å²) in [5.41, 5.74) is 2.99. The molecule has 0 spiro atoms. The van der Waals surface area contributed by atoms with Crippen molar-refractivity contribution in [2.45, 2.75) is 4.90 Å². The van der Waals surface area contributed by atoms with Gasteiger partial charge in [0.1, 0.15) is 31.8 Å². The van der Waals surface area contributed by atoms with Gasteiger partial charge in [0.25, 0.3) is 10.1 Å². The number of anilines is 4. The number of nitrogens with one attached hydrogen (secondary N) is 2. The maximum Gasteiger partial charge on any atom is 0.296 e. The van der Waals surface area contributed by atoms with E-state index in [1.165, 1.54) is 12.1 Å². The monoisotopic (exact) mass is 616 g/mol. The standard InChI is InChI=1S/C30H18Cl2N4O5S/c31-25-27-29(40-22-13-18(11-12-19(22)35-27)33-16-7-3-1-4-8-16)26(32)28-30(25)41-23-14-21(34-17-9-5-2-6-10-17)24(42(37,38)39)15-20(23)36-28/h1-15,34,36H,(H,37,38,39). The van der Waals surface area contributed by atoms with Crippen molar-refractivity contribution in [3.05, 3.63) is 106 Å². The molecule has 0 amide bonds. The second kappa shape index (κ2) is 10.0. The topological polar surface area (TPSA) is 126 Å². The molecular weight excluding hydrogens is 599 g/mol. The first-order chi connectivity index (χ1) is 20.2. The van der Waals surface area contributed by atoms with Gasteiger partial charge in [0.2, 0.25) is 0 Å². The van der Waals surface area contributed by atoms with E-state index in [1.54, 1.807) is 36.4 Å². The Hall–Kier alpha value is -4.61. The molecule has 0 fully saturated rings. The number of nitrogens with zero attached hydrogens (tertiary/aromatic N) is 2. The van der Waals surface area contributed by atoms with Gasteiger partial charge in [-0.05, 0) is 42.5 Å². The van der Waals surface area contributed by atoms with Crippen LogP contribution in [0.15, 0.2) is 105 Å². The predicted octanol–water partition coefficient (Wildman–Crippen LogP) is 8.31. The lowest BCUT2D eigenvalue weighted by molar-refractivity contribution is 0.477. The van der Waals surface area contributed by atoms with Gasteiger partial charge in [0, 0.05) is 17.8 Å². The predicted molar refractivity (Wildman–Crippen MR) is 162 cm³/mol. The first-order valence-electron chi connectivity index (χ1n) is 12.5. The number of rotatable bonds is 4. The van der Waals surface area contributed by atoms with Crippen molar-refractivity contribution in [1.29, 1.82) is 0 Å². The van der Waals surface area contributed by atoms with E-state index in [9.17, 15) is 13.0 Å². The van der Waals surface area contributed by atoms with Gasteiger partial charge in [-0.15, -0.1) is 0 Å². The summed E-state index contributed by atoms with van der Waals surface area (Å²) in [6.45, 7) is 0. The highest BCUT2D eigenvalue weighted by atomic mass is 35.5. The molecule has 1 aliphatic carbocycles. The Kier molecular flexibility index (Phi) is 6.28. The minimum absolute atomic E-state index is 0.103. The molecule has 2 heterocycles. The molecule has 0 aromatic heterocycles. The second-order valence-corrected chi connectivity index (χ2v) is 11.5. The Morgan fingerprint density at radius 2 is 1.64 bits per heavy atom. The maximum atomic E-state index is 12.3. The van der Waals surface area contributed by atoms with Crippen LogP contribution in [0.3, 0.4) is 0 Å². The number of hydrogen-bond donors (Lipinski definition) is 3. The van der Waals surface area contributed by atoms with Crippen LogP contribution in [0.2, 0.25) is 10.0 Å². The summed E-state index contributed by atoms with van der Waals surface area (Å²) in [4.78, 5) is 8.94. The highest BCUT2D eigenvalue weighted by Gasteiger charge is 2.30. The summed E-state index contributed by atoms with van der Waals surface area (Å²) < 4.78 is 46.9. The van der Waals surface area contributed by atoms with E-state index in [1.807, 2.05) is 42.5 Å². The van der Waals surface area contributed by atoms with Crippen LogP contribution in [0.25, 0.3) is 22.6 Å². The van der Waals surface area contributed by atoms with Gasteiger partial charge in [-0.2, -0.15) is 8.42 Å². The molecule has 0 unspecified atom stereocenters. The van der Waals surface area contributed by atoms with Gasteiger partial charge in [-0.1, -0.05) is 59.6 Å². The van der Waals surface area contributed by atoms with Crippen molar-refractivity contribution in [2.24, 2.45) is 4.99 Å². The van der Waals surface area contributed by atoms with Crippen molar-refractivity contribution >= 4 is 72.9 Å². The maximum absolute atomic E-state index is 12.3. The molecule has 7 rings (SSSR count). The zero-order chi connectivity index (χ0) is 29.0. The molecule has 4 aromatic rings. The van der Waals surface area contributed by atoms with E-state index >= 15 is 0 Å². The molecular formula is C30H18Cl2N4O5S. The van der Waals surface area contributed by atoms with Gasteiger partial charge in [0.05, 0.1) is 22.4 Å². The summed E-state index contributed by atoms with van der Waals surface area (Å²) in [6, 6.07) is 26.4. The highest BCUT2D eigenvalue weighted by Crippen LogP contribution is 2.54. The molecule has 3 N–H and O–H groups in total. The fourth-order valence-electron chi connectivity index (χ4n) is 4.64. The molecule has 2 aliphatic heterocycles. The van der Waals surface area contributed by atoms with Crippen LogP contribution in [0.4, 0.5) is 28.4 Å². The second-order valence-electron chi connectivity index (χ2n) is 9.36. The number of halogens is 2. The van der Waals surface area contributed by atoms with Gasteiger partial charge in [-0.25, -0.2) is 9.98 Å². The Morgan fingerprint density at radius 3 is 2.38 bits per heavy atom. The molecule has 0 atom stereocenters. The third kappa shape index (κ3) is 4.70. The molecule has 0 saturated carbocycles.